The zero-order valence-electron chi connectivity index (χ0n) is 12.2. The molecule has 1 aliphatic rings. The Bertz CT molecular complexity index is 533. The highest BCUT2D eigenvalue weighted by Gasteiger charge is 2.51. The summed E-state index contributed by atoms with van der Waals surface area (Å²) < 4.78 is 27.1. The van der Waals surface area contributed by atoms with Crippen molar-refractivity contribution in [1.29, 1.82) is 5.26 Å². The summed E-state index contributed by atoms with van der Waals surface area (Å²) >= 11 is 0. The smallest absolute Gasteiger partial charge is 0.399 e. The van der Waals surface area contributed by atoms with Gasteiger partial charge in [0, 0.05) is 17.8 Å². The van der Waals surface area contributed by atoms with Crippen molar-refractivity contribution in [3.8, 4) is 6.07 Å². The molecule has 6 heteroatoms. The van der Waals surface area contributed by atoms with Gasteiger partial charge in [-0.3, -0.25) is 0 Å². The van der Waals surface area contributed by atoms with Crippen LogP contribution in [-0.4, -0.2) is 28.3 Å². The quantitative estimate of drug-likeness (QED) is 0.666. The molecule has 0 aromatic carbocycles. The topological polar surface area (TPSA) is 68.0 Å². The largest absolute Gasteiger partial charge is 0.498 e. The molecule has 0 unspecified atom stereocenters. The molecule has 1 aromatic heterocycles. The van der Waals surface area contributed by atoms with Crippen LogP contribution in [0, 0.1) is 11.3 Å². The van der Waals surface area contributed by atoms with Crippen molar-refractivity contribution >= 4 is 12.6 Å². The standard InChI is InChI=1S/C11H14BN3O2/c1-10(2)11(3,4)17-12(16-10)8-6-14-9(5-13)15-7-8/h6-7H,1-4H3/i6D,7D. The molecule has 0 bridgehead atoms. The second kappa shape index (κ2) is 3.79. The SMILES string of the molecule is [2H]c1nc(C#N)nc([2H])c1B1OC(C)(C)C(C)(C)O1. The van der Waals surface area contributed by atoms with E-state index in [1.54, 1.807) is 6.07 Å². The van der Waals surface area contributed by atoms with Crippen LogP contribution in [0.2, 0.25) is 0 Å². The second-order valence-electron chi connectivity index (χ2n) is 4.88. The van der Waals surface area contributed by atoms with Crippen molar-refractivity contribution in [3.05, 3.63) is 18.2 Å². The fourth-order valence-corrected chi connectivity index (χ4v) is 1.39. The van der Waals surface area contributed by atoms with E-state index in [0.29, 0.717) is 0 Å². The van der Waals surface area contributed by atoms with Gasteiger partial charge in [-0.1, -0.05) is 0 Å². The lowest BCUT2D eigenvalue weighted by Crippen LogP contribution is -2.41. The van der Waals surface area contributed by atoms with Crippen LogP contribution in [0.3, 0.4) is 0 Å². The Morgan fingerprint density at radius 2 is 1.71 bits per heavy atom. The Morgan fingerprint density at radius 3 is 2.12 bits per heavy atom. The van der Waals surface area contributed by atoms with Gasteiger partial charge in [0.05, 0.1) is 13.9 Å². The van der Waals surface area contributed by atoms with E-state index < -0.39 is 18.3 Å². The van der Waals surface area contributed by atoms with Gasteiger partial charge >= 0.3 is 7.12 Å². The van der Waals surface area contributed by atoms with Crippen molar-refractivity contribution in [2.45, 2.75) is 38.9 Å². The minimum absolute atomic E-state index is 0.151. The molecule has 88 valence electrons. The first kappa shape index (κ1) is 9.57. The molecular weight excluding hydrogens is 217 g/mol. The average molecular weight is 233 g/mol. The van der Waals surface area contributed by atoms with E-state index >= 15 is 0 Å². The minimum Gasteiger partial charge on any atom is -0.399 e. The zero-order valence-corrected chi connectivity index (χ0v) is 10.2. The van der Waals surface area contributed by atoms with Crippen LogP contribution in [0.15, 0.2) is 12.3 Å². The Labute approximate surface area is 104 Å². The van der Waals surface area contributed by atoms with Crippen LogP contribution in [0.5, 0.6) is 0 Å². The Balaban J connectivity index is 2.44. The molecule has 0 saturated carbocycles. The lowest BCUT2D eigenvalue weighted by atomic mass is 9.81. The molecule has 0 amide bonds. The van der Waals surface area contributed by atoms with E-state index in [1.165, 1.54) is 0 Å². The van der Waals surface area contributed by atoms with E-state index in [0.717, 1.165) is 0 Å². The predicted molar refractivity (Wildman–Crippen MR) is 62.5 cm³/mol. The molecular formula is C11H14BN3O2. The van der Waals surface area contributed by atoms with Gasteiger partial charge in [-0.25, -0.2) is 9.97 Å². The van der Waals surface area contributed by atoms with E-state index in [4.69, 9.17) is 17.3 Å². The highest BCUT2D eigenvalue weighted by molar-refractivity contribution is 6.61. The molecule has 2 rings (SSSR count). The highest BCUT2D eigenvalue weighted by atomic mass is 16.7. The highest BCUT2D eigenvalue weighted by Crippen LogP contribution is 2.36. The van der Waals surface area contributed by atoms with E-state index in [-0.39, 0.29) is 23.6 Å². The molecule has 0 aliphatic carbocycles. The molecule has 1 saturated heterocycles. The molecule has 0 N–H and O–H groups in total. The third kappa shape index (κ3) is 2.04. The summed E-state index contributed by atoms with van der Waals surface area (Å²) in [5.74, 6) is -0.199. The monoisotopic (exact) mass is 233 g/mol. The predicted octanol–water partition coefficient (Wildman–Crippen LogP) is 0.647. The van der Waals surface area contributed by atoms with Crippen LogP contribution < -0.4 is 5.46 Å². The van der Waals surface area contributed by atoms with Gasteiger partial charge < -0.3 is 9.31 Å². The van der Waals surface area contributed by atoms with Gasteiger partial charge in [0.15, 0.2) is 0 Å². The van der Waals surface area contributed by atoms with Crippen molar-refractivity contribution in [2.24, 2.45) is 0 Å². The molecule has 1 fully saturated rings. The van der Waals surface area contributed by atoms with E-state index in [2.05, 4.69) is 9.97 Å². The Hall–Kier alpha value is -1.45. The van der Waals surface area contributed by atoms with Gasteiger partial charge in [0.25, 0.3) is 0 Å². The van der Waals surface area contributed by atoms with Crippen molar-refractivity contribution in [2.75, 3.05) is 0 Å². The van der Waals surface area contributed by atoms with Crippen molar-refractivity contribution in [3.63, 3.8) is 0 Å². The van der Waals surface area contributed by atoms with Crippen LogP contribution in [0.4, 0.5) is 0 Å². The van der Waals surface area contributed by atoms with Crippen LogP contribution >= 0.6 is 0 Å². The molecule has 5 nitrogen and oxygen atoms in total. The third-order valence-corrected chi connectivity index (χ3v) is 3.15. The number of hydrogen-bond donors (Lipinski definition) is 0. The number of nitrogens with zero attached hydrogens (tertiary/aromatic N) is 3. The van der Waals surface area contributed by atoms with Crippen molar-refractivity contribution in [1.82, 2.24) is 9.97 Å². The molecule has 17 heavy (non-hydrogen) atoms. The normalized spacial score (nSPS) is 22.9. The lowest BCUT2D eigenvalue weighted by molar-refractivity contribution is 0.00578. The number of nitriles is 1. The summed E-state index contributed by atoms with van der Waals surface area (Å²) in [5, 5.41) is 8.70. The summed E-state index contributed by atoms with van der Waals surface area (Å²) in [4.78, 5) is 7.41. The average Bonchev–Trinajstić information content (AvgIpc) is 2.46. The summed E-state index contributed by atoms with van der Waals surface area (Å²) in [6.07, 6.45) is -0.426. The number of hydrogen-bond acceptors (Lipinski definition) is 5. The summed E-state index contributed by atoms with van der Waals surface area (Å²) in [6.45, 7) is 7.52. The Morgan fingerprint density at radius 1 is 1.24 bits per heavy atom. The molecule has 0 radical (unpaired) electrons. The first-order valence-corrected chi connectivity index (χ1v) is 5.29. The van der Waals surface area contributed by atoms with E-state index in [1.807, 2.05) is 27.7 Å². The van der Waals surface area contributed by atoms with Crippen molar-refractivity contribution < 1.29 is 12.1 Å². The lowest BCUT2D eigenvalue weighted by Gasteiger charge is -2.32. The van der Waals surface area contributed by atoms with Crippen LogP contribution in [-0.2, 0) is 9.31 Å². The van der Waals surface area contributed by atoms with Gasteiger partial charge in [-0.15, -0.1) is 0 Å². The maximum Gasteiger partial charge on any atom is 0.498 e. The number of rotatable bonds is 1. The zero-order chi connectivity index (χ0) is 14.4. The minimum atomic E-state index is -0.863. The second-order valence-corrected chi connectivity index (χ2v) is 4.88. The van der Waals surface area contributed by atoms with Gasteiger partial charge in [-0.05, 0) is 27.7 Å². The molecule has 1 aliphatic heterocycles. The molecule has 0 spiro atoms. The summed E-state index contributed by atoms with van der Waals surface area (Å²) in [5.41, 5.74) is -0.979. The summed E-state index contributed by atoms with van der Waals surface area (Å²) in [7, 11) is -0.863. The molecule has 0 atom stereocenters. The third-order valence-electron chi connectivity index (χ3n) is 3.15. The molecule has 2 heterocycles. The van der Waals surface area contributed by atoms with E-state index in [9.17, 15) is 0 Å². The molecule has 1 aromatic rings. The first-order chi connectivity index (χ1) is 8.68. The Kier molecular flexibility index (Phi) is 2.14. The summed E-state index contributed by atoms with van der Waals surface area (Å²) in [6, 6.07) is 1.72. The fourth-order valence-electron chi connectivity index (χ4n) is 1.39. The fraction of sp³-hybridized carbons (Fsp3) is 0.545. The van der Waals surface area contributed by atoms with Gasteiger partial charge in [0.2, 0.25) is 5.82 Å². The first-order valence-electron chi connectivity index (χ1n) is 6.29. The van der Waals surface area contributed by atoms with Gasteiger partial charge in [0.1, 0.15) is 6.07 Å². The number of aromatic nitrogens is 2. The maximum atomic E-state index is 8.70. The maximum absolute atomic E-state index is 8.70. The van der Waals surface area contributed by atoms with Crippen LogP contribution in [0.1, 0.15) is 36.3 Å². The van der Waals surface area contributed by atoms with Crippen LogP contribution in [0.25, 0.3) is 0 Å². The van der Waals surface area contributed by atoms with Gasteiger partial charge in [-0.2, -0.15) is 5.26 Å².